The van der Waals surface area contributed by atoms with Gasteiger partial charge in [0.05, 0.1) is 0 Å². The molecule has 0 aliphatic carbocycles. The lowest BCUT2D eigenvalue weighted by Crippen LogP contribution is -2.47. The lowest BCUT2D eigenvalue weighted by Gasteiger charge is -2.40. The summed E-state index contributed by atoms with van der Waals surface area (Å²) in [5.41, 5.74) is 5.91. The molecule has 0 N–H and O–H groups in total. The van der Waals surface area contributed by atoms with Crippen LogP contribution in [0.4, 0.5) is 0 Å². The van der Waals surface area contributed by atoms with Crippen LogP contribution in [0.3, 0.4) is 0 Å². The lowest BCUT2D eigenvalue weighted by atomic mass is 9.98. The summed E-state index contributed by atoms with van der Waals surface area (Å²) in [6, 6.07) is 19.5. The van der Waals surface area contributed by atoms with Crippen LogP contribution in [-0.4, -0.2) is 41.4 Å². The van der Waals surface area contributed by atoms with Crippen LogP contribution in [0, 0.1) is 6.92 Å². The molecule has 1 fully saturated rings. The van der Waals surface area contributed by atoms with Crippen molar-refractivity contribution in [2.24, 2.45) is 0 Å². The zero-order chi connectivity index (χ0) is 20.5. The molecule has 3 aromatic rings. The number of hydrogen-bond donors (Lipinski definition) is 0. The van der Waals surface area contributed by atoms with E-state index in [1.54, 1.807) is 4.88 Å². The van der Waals surface area contributed by atoms with Crippen LogP contribution in [0.5, 0.6) is 0 Å². The number of nitrogens with zero attached hydrogens (tertiary/aromatic N) is 2. The Balaban J connectivity index is 1.19. The molecule has 2 aromatic carbocycles. The van der Waals surface area contributed by atoms with E-state index in [0.717, 1.165) is 50.1 Å². The third kappa shape index (κ3) is 3.94. The van der Waals surface area contributed by atoms with Gasteiger partial charge in [-0.2, -0.15) is 0 Å². The highest BCUT2D eigenvalue weighted by Crippen LogP contribution is 2.28. The van der Waals surface area contributed by atoms with Gasteiger partial charge >= 0.3 is 0 Å². The molecular formula is C26H28N2OS. The highest BCUT2D eigenvalue weighted by Gasteiger charge is 2.29. The molecule has 1 amide bonds. The van der Waals surface area contributed by atoms with Crippen LogP contribution >= 0.6 is 11.3 Å². The molecule has 4 heteroatoms. The molecular weight excluding hydrogens is 388 g/mol. The van der Waals surface area contributed by atoms with E-state index in [9.17, 15) is 4.79 Å². The van der Waals surface area contributed by atoms with Gasteiger partial charge in [0.25, 0.3) is 5.91 Å². The molecule has 5 rings (SSSR count). The molecule has 0 unspecified atom stereocenters. The Kier molecular flexibility index (Phi) is 5.45. The van der Waals surface area contributed by atoms with Gasteiger partial charge in [0.1, 0.15) is 0 Å². The van der Waals surface area contributed by atoms with Crippen molar-refractivity contribution in [3.05, 3.63) is 81.5 Å². The molecule has 0 radical (unpaired) electrons. The van der Waals surface area contributed by atoms with E-state index in [1.165, 1.54) is 23.1 Å². The number of rotatable bonds is 3. The molecule has 2 aliphatic rings. The number of carbonyl (C=O) groups excluding carboxylic acids is 1. The summed E-state index contributed by atoms with van der Waals surface area (Å²) in [5.74, 6) is 0.169. The summed E-state index contributed by atoms with van der Waals surface area (Å²) in [7, 11) is 0. The van der Waals surface area contributed by atoms with Crippen molar-refractivity contribution in [2.45, 2.75) is 38.8 Å². The second kappa shape index (κ2) is 8.37. The van der Waals surface area contributed by atoms with E-state index in [2.05, 4.69) is 59.7 Å². The topological polar surface area (TPSA) is 23.6 Å². The number of amides is 1. The Morgan fingerprint density at radius 3 is 2.27 bits per heavy atom. The first-order chi connectivity index (χ1) is 14.7. The predicted octanol–water partition coefficient (Wildman–Crippen LogP) is 5.39. The van der Waals surface area contributed by atoms with E-state index < -0.39 is 0 Å². The molecule has 0 bridgehead atoms. The highest BCUT2D eigenvalue weighted by molar-refractivity contribution is 7.10. The molecule has 3 nitrogen and oxygen atoms in total. The van der Waals surface area contributed by atoms with Crippen molar-refractivity contribution in [2.75, 3.05) is 19.6 Å². The number of piperidine rings is 1. The number of carbonyl (C=O) groups is 1. The Hall–Kier alpha value is -2.43. The molecule has 154 valence electrons. The van der Waals surface area contributed by atoms with Crippen LogP contribution in [0.25, 0.3) is 11.1 Å². The fraction of sp³-hybridized carbons (Fsp3) is 0.346. The number of aryl methyl sites for hydroxylation is 1. The maximum absolute atomic E-state index is 13.0. The minimum absolute atomic E-state index is 0.169. The first-order valence-electron chi connectivity index (χ1n) is 10.9. The molecule has 2 aliphatic heterocycles. The summed E-state index contributed by atoms with van der Waals surface area (Å²) in [5, 5.41) is 2.22. The summed E-state index contributed by atoms with van der Waals surface area (Å²) in [4.78, 5) is 19.3. The number of likely N-dealkylation sites (tertiary alicyclic amines) is 1. The van der Waals surface area contributed by atoms with Crippen LogP contribution in [0.1, 0.15) is 39.2 Å². The van der Waals surface area contributed by atoms with Crippen LogP contribution in [0.2, 0.25) is 0 Å². The van der Waals surface area contributed by atoms with E-state index in [-0.39, 0.29) is 5.91 Å². The highest BCUT2D eigenvalue weighted by atomic mass is 32.1. The largest absolute Gasteiger partial charge is 0.339 e. The Morgan fingerprint density at radius 2 is 1.57 bits per heavy atom. The van der Waals surface area contributed by atoms with Gasteiger partial charge in [-0.05, 0) is 66.5 Å². The fourth-order valence-corrected chi connectivity index (χ4v) is 5.64. The van der Waals surface area contributed by atoms with Gasteiger partial charge in [-0.25, -0.2) is 0 Å². The Bertz CT molecular complexity index is 1010. The van der Waals surface area contributed by atoms with Gasteiger partial charge in [0.15, 0.2) is 0 Å². The smallest absolute Gasteiger partial charge is 0.253 e. The maximum Gasteiger partial charge on any atom is 0.253 e. The third-order valence-corrected chi connectivity index (χ3v) is 7.65. The normalized spacial score (nSPS) is 17.7. The van der Waals surface area contributed by atoms with Gasteiger partial charge in [0.2, 0.25) is 0 Å². The van der Waals surface area contributed by atoms with E-state index in [1.807, 2.05) is 28.4 Å². The molecule has 1 aromatic heterocycles. The number of benzene rings is 2. The second-order valence-corrected chi connectivity index (χ2v) is 9.56. The monoisotopic (exact) mass is 416 g/mol. The quantitative estimate of drug-likeness (QED) is 0.572. The summed E-state index contributed by atoms with van der Waals surface area (Å²) in [6.07, 6.45) is 3.33. The van der Waals surface area contributed by atoms with Crippen molar-refractivity contribution < 1.29 is 4.79 Å². The molecule has 0 spiro atoms. The van der Waals surface area contributed by atoms with Crippen LogP contribution in [0.15, 0.2) is 60.0 Å². The zero-order valence-corrected chi connectivity index (χ0v) is 18.3. The van der Waals surface area contributed by atoms with E-state index in [0.29, 0.717) is 6.04 Å². The average molecular weight is 417 g/mol. The van der Waals surface area contributed by atoms with Crippen LogP contribution in [-0.2, 0) is 13.0 Å². The first kappa shape index (κ1) is 19.5. The standard InChI is InChI=1S/C26H28N2OS/c1-19-2-4-20(5-3-19)21-6-8-22(9-7-21)26(29)27-14-10-24(11-15-27)28-16-12-25-23(18-28)13-17-30-25/h2-9,13,17,24H,10-12,14-16,18H2,1H3. The van der Waals surface area contributed by atoms with E-state index in [4.69, 9.17) is 0 Å². The van der Waals surface area contributed by atoms with E-state index >= 15 is 0 Å². The van der Waals surface area contributed by atoms with Gasteiger partial charge in [-0.3, -0.25) is 9.69 Å². The van der Waals surface area contributed by atoms with Crippen molar-refractivity contribution in [3.63, 3.8) is 0 Å². The summed E-state index contributed by atoms with van der Waals surface area (Å²) >= 11 is 1.90. The molecule has 1 saturated heterocycles. The maximum atomic E-state index is 13.0. The SMILES string of the molecule is Cc1ccc(-c2ccc(C(=O)N3CCC(N4CCc5sccc5C4)CC3)cc2)cc1. The Morgan fingerprint density at radius 1 is 0.900 bits per heavy atom. The second-order valence-electron chi connectivity index (χ2n) is 8.56. The zero-order valence-electron chi connectivity index (χ0n) is 17.5. The van der Waals surface area contributed by atoms with Crippen molar-refractivity contribution in [3.8, 4) is 11.1 Å². The fourth-order valence-electron chi connectivity index (χ4n) is 4.75. The average Bonchev–Trinajstić information content (AvgIpc) is 3.27. The number of hydrogen-bond acceptors (Lipinski definition) is 3. The number of fused-ring (bicyclic) bond motifs is 1. The van der Waals surface area contributed by atoms with Gasteiger partial charge in [-0.15, -0.1) is 11.3 Å². The molecule has 0 saturated carbocycles. The van der Waals surface area contributed by atoms with Gasteiger partial charge in [0, 0.05) is 42.7 Å². The molecule has 30 heavy (non-hydrogen) atoms. The Labute approximate surface area is 183 Å². The predicted molar refractivity (Wildman–Crippen MR) is 124 cm³/mol. The third-order valence-electron chi connectivity index (χ3n) is 6.62. The van der Waals surface area contributed by atoms with Crippen molar-refractivity contribution in [1.29, 1.82) is 0 Å². The van der Waals surface area contributed by atoms with Crippen LogP contribution < -0.4 is 0 Å². The minimum atomic E-state index is 0.169. The molecule has 3 heterocycles. The lowest BCUT2D eigenvalue weighted by molar-refractivity contribution is 0.0600. The molecule has 0 atom stereocenters. The van der Waals surface area contributed by atoms with Gasteiger partial charge < -0.3 is 4.90 Å². The minimum Gasteiger partial charge on any atom is -0.339 e. The van der Waals surface area contributed by atoms with Crippen molar-refractivity contribution in [1.82, 2.24) is 9.80 Å². The first-order valence-corrected chi connectivity index (χ1v) is 11.8. The van der Waals surface area contributed by atoms with Gasteiger partial charge in [-0.1, -0.05) is 42.0 Å². The summed E-state index contributed by atoms with van der Waals surface area (Å²) < 4.78 is 0. The number of thiophene rings is 1. The summed E-state index contributed by atoms with van der Waals surface area (Å²) in [6.45, 7) is 6.05. The van der Waals surface area contributed by atoms with Crippen molar-refractivity contribution >= 4 is 17.2 Å².